The molecular weight excluding hydrogens is 304 g/mol. The van der Waals surface area contributed by atoms with Gasteiger partial charge in [-0.25, -0.2) is 4.98 Å². The van der Waals surface area contributed by atoms with Crippen LogP contribution in [-0.4, -0.2) is 27.4 Å². The monoisotopic (exact) mass is 328 g/mol. The van der Waals surface area contributed by atoms with Crippen molar-refractivity contribution in [1.29, 1.82) is 0 Å². The number of para-hydroxylation sites is 2. The number of imidazole rings is 1. The number of carbonyl (C=O) groups excluding carboxylic acids is 2. The fourth-order valence-corrected chi connectivity index (χ4v) is 2.66. The molecule has 1 fully saturated rings. The van der Waals surface area contributed by atoms with Crippen molar-refractivity contribution in [3.63, 3.8) is 0 Å². The number of benzene rings is 1. The quantitative estimate of drug-likeness (QED) is 0.816. The minimum Gasteiger partial charge on any atom is -0.352 e. The molecule has 0 spiro atoms. The topological polar surface area (TPSA) is 76.0 Å². The first-order chi connectivity index (χ1) is 11.6. The molecule has 0 radical (unpaired) electrons. The van der Waals surface area contributed by atoms with E-state index in [-0.39, 0.29) is 30.3 Å². The maximum absolute atomic E-state index is 12.3. The Morgan fingerprint density at radius 3 is 2.79 bits per heavy atom. The Morgan fingerprint density at radius 1 is 1.33 bits per heavy atom. The van der Waals surface area contributed by atoms with Crippen LogP contribution >= 0.6 is 0 Å². The fraction of sp³-hybridized carbons (Fsp3) is 0.500. The Labute approximate surface area is 141 Å². The van der Waals surface area contributed by atoms with E-state index in [0.717, 1.165) is 30.3 Å². The lowest BCUT2D eigenvalue weighted by atomic mass is 10.2. The van der Waals surface area contributed by atoms with Crippen LogP contribution in [0.5, 0.6) is 0 Å². The maximum atomic E-state index is 12.3. The molecule has 0 bridgehead atoms. The molecule has 128 valence electrons. The maximum Gasteiger partial charge on any atom is 0.240 e. The van der Waals surface area contributed by atoms with Crippen molar-refractivity contribution >= 4 is 22.8 Å². The number of nitrogens with zero attached hydrogens (tertiary/aromatic N) is 2. The molecule has 1 aliphatic carbocycles. The van der Waals surface area contributed by atoms with Gasteiger partial charge >= 0.3 is 0 Å². The van der Waals surface area contributed by atoms with Crippen molar-refractivity contribution in [2.24, 2.45) is 5.92 Å². The van der Waals surface area contributed by atoms with Crippen LogP contribution in [0.1, 0.15) is 38.9 Å². The molecule has 24 heavy (non-hydrogen) atoms. The van der Waals surface area contributed by atoms with Crippen LogP contribution in [0.15, 0.2) is 24.3 Å². The van der Waals surface area contributed by atoms with E-state index in [1.807, 2.05) is 42.7 Å². The second-order valence-corrected chi connectivity index (χ2v) is 6.47. The number of hydrogen-bond acceptors (Lipinski definition) is 3. The molecule has 1 unspecified atom stereocenters. The van der Waals surface area contributed by atoms with Crippen molar-refractivity contribution in [3.05, 3.63) is 30.1 Å². The Balaban J connectivity index is 1.78. The van der Waals surface area contributed by atoms with Crippen LogP contribution in [0.25, 0.3) is 11.0 Å². The molecule has 1 aliphatic rings. The highest BCUT2D eigenvalue weighted by Crippen LogP contribution is 2.28. The van der Waals surface area contributed by atoms with Crippen LogP contribution in [-0.2, 0) is 22.7 Å². The smallest absolute Gasteiger partial charge is 0.240 e. The second kappa shape index (κ2) is 7.03. The molecule has 0 saturated heterocycles. The Hall–Kier alpha value is -2.37. The van der Waals surface area contributed by atoms with E-state index in [1.165, 1.54) is 0 Å². The van der Waals surface area contributed by atoms with Crippen LogP contribution in [0.4, 0.5) is 0 Å². The number of carbonyl (C=O) groups is 2. The number of hydrogen-bond donors (Lipinski definition) is 2. The van der Waals surface area contributed by atoms with Crippen molar-refractivity contribution in [1.82, 2.24) is 20.2 Å². The largest absolute Gasteiger partial charge is 0.352 e. The van der Waals surface area contributed by atoms with Gasteiger partial charge in [0.2, 0.25) is 11.8 Å². The standard InChI is InChI=1S/C18H24N4O2/c1-3-12(2)20-17(23)11-22-15-7-5-4-6-14(15)21-16(22)10-19-18(24)13-8-9-13/h4-7,12-13H,3,8-11H2,1-2H3,(H,19,24)(H,20,23). The van der Waals surface area contributed by atoms with Gasteiger partial charge in [-0.3, -0.25) is 9.59 Å². The summed E-state index contributed by atoms with van der Waals surface area (Å²) in [6, 6.07) is 7.87. The van der Waals surface area contributed by atoms with E-state index in [2.05, 4.69) is 15.6 Å². The molecule has 1 aromatic carbocycles. The summed E-state index contributed by atoms with van der Waals surface area (Å²) >= 11 is 0. The van der Waals surface area contributed by atoms with E-state index in [1.54, 1.807) is 0 Å². The summed E-state index contributed by atoms with van der Waals surface area (Å²) in [5, 5.41) is 5.91. The Bertz CT molecular complexity index is 749. The molecule has 1 saturated carbocycles. The van der Waals surface area contributed by atoms with E-state index in [4.69, 9.17) is 0 Å². The molecule has 6 nitrogen and oxygen atoms in total. The first-order valence-corrected chi connectivity index (χ1v) is 8.59. The van der Waals surface area contributed by atoms with Gasteiger partial charge in [-0.15, -0.1) is 0 Å². The van der Waals surface area contributed by atoms with Gasteiger partial charge in [-0.2, -0.15) is 0 Å². The third-order valence-electron chi connectivity index (χ3n) is 4.42. The van der Waals surface area contributed by atoms with Gasteiger partial charge in [0.05, 0.1) is 17.6 Å². The molecule has 1 atom stereocenters. The highest BCUT2D eigenvalue weighted by molar-refractivity contribution is 5.82. The Kier molecular flexibility index (Phi) is 4.83. The van der Waals surface area contributed by atoms with Crippen LogP contribution in [0.3, 0.4) is 0 Å². The van der Waals surface area contributed by atoms with Crippen LogP contribution in [0, 0.1) is 5.92 Å². The number of rotatable bonds is 7. The molecule has 2 aromatic rings. The van der Waals surface area contributed by atoms with E-state index in [0.29, 0.717) is 12.4 Å². The molecule has 0 aliphatic heterocycles. The highest BCUT2D eigenvalue weighted by atomic mass is 16.2. The minimum absolute atomic E-state index is 0.0396. The lowest BCUT2D eigenvalue weighted by Crippen LogP contribution is -2.35. The van der Waals surface area contributed by atoms with E-state index < -0.39 is 0 Å². The lowest BCUT2D eigenvalue weighted by Gasteiger charge is -2.14. The summed E-state index contributed by atoms with van der Waals surface area (Å²) in [5.74, 6) is 0.918. The number of aromatic nitrogens is 2. The molecule has 2 amide bonds. The van der Waals surface area contributed by atoms with Gasteiger partial charge in [-0.05, 0) is 38.3 Å². The van der Waals surface area contributed by atoms with Gasteiger partial charge in [0.15, 0.2) is 0 Å². The third-order valence-corrected chi connectivity index (χ3v) is 4.42. The van der Waals surface area contributed by atoms with Crippen LogP contribution < -0.4 is 10.6 Å². The summed E-state index contributed by atoms with van der Waals surface area (Å²) < 4.78 is 1.89. The predicted molar refractivity (Wildman–Crippen MR) is 92.2 cm³/mol. The van der Waals surface area contributed by atoms with Gasteiger partial charge in [-0.1, -0.05) is 19.1 Å². The normalized spacial score (nSPS) is 15.2. The summed E-state index contributed by atoms with van der Waals surface area (Å²) in [7, 11) is 0. The van der Waals surface area contributed by atoms with Gasteiger partial charge in [0.25, 0.3) is 0 Å². The van der Waals surface area contributed by atoms with Crippen molar-refractivity contribution in [3.8, 4) is 0 Å². The molecule has 1 aromatic heterocycles. The summed E-state index contributed by atoms with van der Waals surface area (Å²) in [5.41, 5.74) is 1.75. The first kappa shape index (κ1) is 16.5. The SMILES string of the molecule is CCC(C)NC(=O)Cn1c(CNC(=O)C2CC2)nc2ccccc21. The number of fused-ring (bicyclic) bond motifs is 1. The molecule has 6 heteroatoms. The average Bonchev–Trinajstić information content (AvgIpc) is 3.37. The molecule has 3 rings (SSSR count). The number of amides is 2. The van der Waals surface area contributed by atoms with E-state index in [9.17, 15) is 9.59 Å². The van der Waals surface area contributed by atoms with Gasteiger partial charge < -0.3 is 15.2 Å². The summed E-state index contributed by atoms with van der Waals surface area (Å²) in [4.78, 5) is 28.8. The zero-order valence-electron chi connectivity index (χ0n) is 14.2. The van der Waals surface area contributed by atoms with Crippen molar-refractivity contribution in [2.45, 2.75) is 52.2 Å². The lowest BCUT2D eigenvalue weighted by molar-refractivity contribution is -0.122. The predicted octanol–water partition coefficient (Wildman–Crippen LogP) is 1.98. The van der Waals surface area contributed by atoms with Crippen LogP contribution in [0.2, 0.25) is 0 Å². The second-order valence-electron chi connectivity index (χ2n) is 6.47. The molecule has 2 N–H and O–H groups in total. The molecular formula is C18H24N4O2. The van der Waals surface area contributed by atoms with Crippen molar-refractivity contribution in [2.75, 3.05) is 0 Å². The van der Waals surface area contributed by atoms with E-state index >= 15 is 0 Å². The zero-order chi connectivity index (χ0) is 17.1. The molecule has 1 heterocycles. The zero-order valence-corrected chi connectivity index (χ0v) is 14.2. The minimum atomic E-state index is -0.0396. The third kappa shape index (κ3) is 3.75. The summed E-state index contributed by atoms with van der Waals surface area (Å²) in [6.07, 6.45) is 2.83. The summed E-state index contributed by atoms with van der Waals surface area (Å²) in [6.45, 7) is 4.58. The van der Waals surface area contributed by atoms with Gasteiger partial charge in [0.1, 0.15) is 12.4 Å². The van der Waals surface area contributed by atoms with Gasteiger partial charge in [0, 0.05) is 12.0 Å². The fourth-order valence-electron chi connectivity index (χ4n) is 2.66. The first-order valence-electron chi connectivity index (χ1n) is 8.59. The Morgan fingerprint density at radius 2 is 2.08 bits per heavy atom. The van der Waals surface area contributed by atoms with Crippen molar-refractivity contribution < 1.29 is 9.59 Å². The number of nitrogens with one attached hydrogen (secondary N) is 2. The highest BCUT2D eigenvalue weighted by Gasteiger charge is 2.29. The average molecular weight is 328 g/mol.